The lowest BCUT2D eigenvalue weighted by molar-refractivity contribution is -0.145. The largest absolute Gasteiger partial charge is 0.466 e. The molecule has 0 rings (SSSR count). The number of aldehydes is 1. The third-order valence-electron chi connectivity index (χ3n) is 10.4. The zero-order valence-corrected chi connectivity index (χ0v) is 32.1. The van der Waals surface area contributed by atoms with E-state index < -0.39 is 0 Å². The first-order valence-corrected chi connectivity index (χ1v) is 21.2. The van der Waals surface area contributed by atoms with Crippen LogP contribution in [0.5, 0.6) is 0 Å². The van der Waals surface area contributed by atoms with E-state index in [4.69, 9.17) is 4.74 Å². The van der Waals surface area contributed by atoms with Gasteiger partial charge in [-0.15, -0.1) is 0 Å². The summed E-state index contributed by atoms with van der Waals surface area (Å²) in [4.78, 5) is 24.0. The molecule has 3 heteroatoms. The number of carbonyl (C=O) groups excluding carboxylic acids is 2. The monoisotopic (exact) mass is 649 g/mol. The zero-order chi connectivity index (χ0) is 33.8. The Morgan fingerprint density at radius 3 is 1.15 bits per heavy atom. The van der Waals surface area contributed by atoms with Crippen molar-refractivity contribution in [1.29, 1.82) is 0 Å². The SMILES string of the molecule is CCCCCC(CCCCC)CCCCCCCCCC(C=O)CCCCCCCCOC(=O)CC(CCCCC)CCCCC. The highest BCUT2D eigenvalue weighted by molar-refractivity contribution is 5.69. The van der Waals surface area contributed by atoms with E-state index in [1.165, 1.54) is 186 Å². The fourth-order valence-corrected chi connectivity index (χ4v) is 7.21. The molecule has 0 saturated heterocycles. The molecule has 0 aliphatic carbocycles. The average Bonchev–Trinajstić information content (AvgIpc) is 3.05. The van der Waals surface area contributed by atoms with Gasteiger partial charge in [0, 0.05) is 12.3 Å². The van der Waals surface area contributed by atoms with E-state index in [0.29, 0.717) is 18.9 Å². The van der Waals surface area contributed by atoms with Crippen LogP contribution in [-0.4, -0.2) is 18.9 Å². The molecule has 46 heavy (non-hydrogen) atoms. The molecule has 0 fully saturated rings. The van der Waals surface area contributed by atoms with Crippen molar-refractivity contribution >= 4 is 12.3 Å². The molecule has 0 aromatic carbocycles. The Hall–Kier alpha value is -0.860. The fourth-order valence-electron chi connectivity index (χ4n) is 7.21. The van der Waals surface area contributed by atoms with Crippen molar-refractivity contribution in [3.8, 4) is 0 Å². The molecule has 3 nitrogen and oxygen atoms in total. The lowest BCUT2D eigenvalue weighted by Crippen LogP contribution is -2.13. The molecule has 0 amide bonds. The van der Waals surface area contributed by atoms with Crippen LogP contribution in [0.25, 0.3) is 0 Å². The first kappa shape index (κ1) is 45.1. The van der Waals surface area contributed by atoms with Gasteiger partial charge in [-0.25, -0.2) is 0 Å². The number of ether oxygens (including phenoxy) is 1. The second-order valence-corrected chi connectivity index (χ2v) is 15.0. The topological polar surface area (TPSA) is 43.4 Å². The number of carbonyl (C=O) groups is 2. The maximum Gasteiger partial charge on any atom is 0.306 e. The highest BCUT2D eigenvalue weighted by atomic mass is 16.5. The Morgan fingerprint density at radius 2 is 0.761 bits per heavy atom. The van der Waals surface area contributed by atoms with Gasteiger partial charge in [-0.05, 0) is 43.9 Å². The van der Waals surface area contributed by atoms with E-state index in [2.05, 4.69) is 27.7 Å². The first-order chi connectivity index (χ1) is 22.6. The zero-order valence-electron chi connectivity index (χ0n) is 32.1. The van der Waals surface area contributed by atoms with E-state index in [-0.39, 0.29) is 11.9 Å². The highest BCUT2D eigenvalue weighted by Gasteiger charge is 2.15. The van der Waals surface area contributed by atoms with E-state index in [1.54, 1.807) is 0 Å². The molecule has 0 saturated carbocycles. The van der Waals surface area contributed by atoms with E-state index in [9.17, 15) is 9.59 Å². The molecular formula is C43H84O3. The van der Waals surface area contributed by atoms with E-state index in [0.717, 1.165) is 31.6 Å². The maximum atomic E-state index is 12.4. The molecule has 0 aromatic heterocycles. The highest BCUT2D eigenvalue weighted by Crippen LogP contribution is 2.25. The number of unbranched alkanes of at least 4 members (excludes halogenated alkanes) is 19. The van der Waals surface area contributed by atoms with Crippen molar-refractivity contribution in [2.75, 3.05) is 6.61 Å². The van der Waals surface area contributed by atoms with Crippen molar-refractivity contribution in [2.45, 2.75) is 240 Å². The van der Waals surface area contributed by atoms with Crippen molar-refractivity contribution in [1.82, 2.24) is 0 Å². The molecule has 0 bridgehead atoms. The minimum absolute atomic E-state index is 0.0209. The number of hydrogen-bond donors (Lipinski definition) is 0. The van der Waals surface area contributed by atoms with Gasteiger partial charge in [-0.1, -0.05) is 201 Å². The van der Waals surface area contributed by atoms with Crippen molar-refractivity contribution < 1.29 is 14.3 Å². The summed E-state index contributed by atoms with van der Waals surface area (Å²) in [5, 5.41) is 0. The minimum Gasteiger partial charge on any atom is -0.466 e. The van der Waals surface area contributed by atoms with Crippen LogP contribution in [-0.2, 0) is 14.3 Å². The van der Waals surface area contributed by atoms with Crippen molar-refractivity contribution in [3.05, 3.63) is 0 Å². The first-order valence-electron chi connectivity index (χ1n) is 21.2. The van der Waals surface area contributed by atoms with Gasteiger partial charge in [0.25, 0.3) is 0 Å². The maximum absolute atomic E-state index is 12.4. The van der Waals surface area contributed by atoms with Crippen LogP contribution in [0.2, 0.25) is 0 Å². The van der Waals surface area contributed by atoms with Crippen molar-refractivity contribution in [3.63, 3.8) is 0 Å². The molecule has 0 N–H and O–H groups in total. The van der Waals surface area contributed by atoms with E-state index >= 15 is 0 Å². The van der Waals surface area contributed by atoms with Crippen LogP contribution >= 0.6 is 0 Å². The number of rotatable bonds is 38. The summed E-state index contributed by atoms with van der Waals surface area (Å²) in [6.45, 7) is 9.71. The van der Waals surface area contributed by atoms with Crippen LogP contribution in [0.1, 0.15) is 240 Å². The minimum atomic E-state index is 0.0209. The second kappa shape index (κ2) is 37.0. The second-order valence-electron chi connectivity index (χ2n) is 15.0. The van der Waals surface area contributed by atoms with Crippen LogP contribution in [0.15, 0.2) is 0 Å². The van der Waals surface area contributed by atoms with E-state index in [1.807, 2.05) is 0 Å². The average molecular weight is 649 g/mol. The van der Waals surface area contributed by atoms with Gasteiger partial charge < -0.3 is 9.53 Å². The van der Waals surface area contributed by atoms with Gasteiger partial charge in [0.05, 0.1) is 6.61 Å². The molecule has 1 unspecified atom stereocenters. The Balaban J connectivity index is 3.74. The lowest BCUT2D eigenvalue weighted by Gasteiger charge is -2.16. The quantitative estimate of drug-likeness (QED) is 0.0380. The summed E-state index contributed by atoms with van der Waals surface area (Å²) in [5.41, 5.74) is 0. The smallest absolute Gasteiger partial charge is 0.306 e. The molecule has 0 aliphatic heterocycles. The summed E-state index contributed by atoms with van der Waals surface area (Å²) in [7, 11) is 0. The van der Waals surface area contributed by atoms with Crippen LogP contribution in [0, 0.1) is 17.8 Å². The molecule has 0 aliphatic rings. The summed E-state index contributed by atoms with van der Waals surface area (Å²) >= 11 is 0. The summed E-state index contributed by atoms with van der Waals surface area (Å²) < 4.78 is 5.60. The predicted molar refractivity (Wildman–Crippen MR) is 203 cm³/mol. The number of esters is 1. The Labute approximate surface area is 290 Å². The molecule has 0 radical (unpaired) electrons. The lowest BCUT2D eigenvalue weighted by atomic mass is 9.90. The Kier molecular flexibility index (Phi) is 36.3. The summed E-state index contributed by atoms with van der Waals surface area (Å²) in [6, 6.07) is 0. The molecule has 0 heterocycles. The predicted octanol–water partition coefficient (Wildman–Crippen LogP) is 14.5. The molecule has 274 valence electrons. The number of hydrogen-bond acceptors (Lipinski definition) is 3. The van der Waals surface area contributed by atoms with Crippen LogP contribution in [0.4, 0.5) is 0 Å². The molecule has 0 spiro atoms. The van der Waals surface area contributed by atoms with Gasteiger partial charge in [-0.2, -0.15) is 0 Å². The van der Waals surface area contributed by atoms with Gasteiger partial charge >= 0.3 is 5.97 Å². The van der Waals surface area contributed by atoms with Gasteiger partial charge in [0.1, 0.15) is 6.29 Å². The van der Waals surface area contributed by atoms with Gasteiger partial charge in [-0.3, -0.25) is 4.79 Å². The van der Waals surface area contributed by atoms with Crippen LogP contribution < -0.4 is 0 Å². The summed E-state index contributed by atoms with van der Waals surface area (Å²) in [6.07, 6.45) is 43.1. The molecule has 0 aromatic rings. The standard InChI is InChI=1S/C43H84O3/c1-5-9-22-30-40(31-23-10-6-2)32-26-18-14-13-15-19-27-35-42(39-44)36-28-20-16-17-21-29-37-46-43(45)38-41(33-24-11-7-3)34-25-12-8-4/h39-42H,5-38H2,1-4H3. The Morgan fingerprint density at radius 1 is 0.435 bits per heavy atom. The third-order valence-corrected chi connectivity index (χ3v) is 10.4. The molecule has 1 atom stereocenters. The summed E-state index contributed by atoms with van der Waals surface area (Å²) in [5.74, 6) is 1.79. The van der Waals surface area contributed by atoms with Gasteiger partial charge in [0.2, 0.25) is 0 Å². The van der Waals surface area contributed by atoms with Crippen molar-refractivity contribution in [2.24, 2.45) is 17.8 Å². The van der Waals surface area contributed by atoms with Gasteiger partial charge in [0.15, 0.2) is 0 Å². The Bertz CT molecular complexity index is 597. The van der Waals surface area contributed by atoms with Crippen LogP contribution in [0.3, 0.4) is 0 Å². The molecular weight excluding hydrogens is 564 g/mol. The third kappa shape index (κ3) is 31.7. The fraction of sp³-hybridized carbons (Fsp3) is 0.953. The normalized spacial score (nSPS) is 12.3.